The Kier molecular flexibility index (Phi) is 7.25. The highest BCUT2D eigenvalue weighted by molar-refractivity contribution is 5.85. The van der Waals surface area contributed by atoms with E-state index in [0.29, 0.717) is 12.5 Å². The molecule has 1 saturated heterocycles. The van der Waals surface area contributed by atoms with Gasteiger partial charge < -0.3 is 10.6 Å². The van der Waals surface area contributed by atoms with Crippen molar-refractivity contribution in [2.45, 2.75) is 25.7 Å². The van der Waals surface area contributed by atoms with E-state index in [1.165, 1.54) is 0 Å². The van der Waals surface area contributed by atoms with Gasteiger partial charge in [-0.3, -0.25) is 9.20 Å². The molecule has 23 heavy (non-hydrogen) atoms. The molecule has 1 aliphatic rings. The first-order valence-corrected chi connectivity index (χ1v) is 7.49. The lowest BCUT2D eigenvalue weighted by molar-refractivity contribution is -0.135. The van der Waals surface area contributed by atoms with Crippen molar-refractivity contribution in [3.05, 3.63) is 30.2 Å². The molecule has 0 radical (unpaired) electrons. The smallest absolute Gasteiger partial charge is 0.226 e. The van der Waals surface area contributed by atoms with Crippen LogP contribution in [0, 0.1) is 5.92 Å². The minimum atomic E-state index is -0.0875. The molecule has 2 aromatic heterocycles. The maximum Gasteiger partial charge on any atom is 0.226 e. The van der Waals surface area contributed by atoms with Crippen LogP contribution in [0.2, 0.25) is 0 Å². The summed E-state index contributed by atoms with van der Waals surface area (Å²) < 4.78 is 2.05. The number of nitrogens with two attached hydrogens (primary N) is 1. The largest absolute Gasteiger partial charge is 0.342 e. The minimum Gasteiger partial charge on any atom is -0.342 e. The van der Waals surface area contributed by atoms with Crippen LogP contribution >= 0.6 is 24.8 Å². The molecule has 2 N–H and O–H groups in total. The fourth-order valence-corrected chi connectivity index (χ4v) is 2.91. The third kappa shape index (κ3) is 3.94. The predicted molar refractivity (Wildman–Crippen MR) is 94.3 cm³/mol. The van der Waals surface area contributed by atoms with Gasteiger partial charge in [-0.25, -0.2) is 0 Å². The fraction of sp³-hybridized carbons (Fsp3) is 0.533. The second-order valence-corrected chi connectivity index (χ2v) is 5.72. The van der Waals surface area contributed by atoms with Crippen molar-refractivity contribution in [2.75, 3.05) is 19.6 Å². The summed E-state index contributed by atoms with van der Waals surface area (Å²) in [5.41, 5.74) is 6.45. The Hall–Kier alpha value is -1.37. The fourth-order valence-electron chi connectivity index (χ4n) is 2.91. The molecule has 0 aromatic carbocycles. The van der Waals surface area contributed by atoms with Crippen molar-refractivity contribution in [1.82, 2.24) is 19.5 Å². The number of rotatable bonds is 3. The quantitative estimate of drug-likeness (QED) is 0.907. The Morgan fingerprint density at radius 1 is 1.30 bits per heavy atom. The van der Waals surface area contributed by atoms with Crippen LogP contribution in [-0.4, -0.2) is 45.0 Å². The molecule has 1 unspecified atom stereocenters. The van der Waals surface area contributed by atoms with Crippen LogP contribution in [0.1, 0.15) is 31.5 Å². The lowest BCUT2D eigenvalue weighted by atomic mass is 9.95. The standard InChI is InChI=1S/C15H21N5O.2ClH/c1-11(10-16)15(21)19-8-5-12(6-9-19)14-18-17-13-4-2-3-7-20(13)14;;/h2-4,7,11-12H,5-6,8-10,16H2,1H3;2*1H. The van der Waals surface area contributed by atoms with E-state index < -0.39 is 0 Å². The number of carbonyl (C=O) groups excluding carboxylic acids is 1. The van der Waals surface area contributed by atoms with Gasteiger partial charge in [-0.2, -0.15) is 0 Å². The maximum atomic E-state index is 12.1. The van der Waals surface area contributed by atoms with E-state index in [1.807, 2.05) is 40.6 Å². The summed E-state index contributed by atoms with van der Waals surface area (Å²) in [5.74, 6) is 1.45. The van der Waals surface area contributed by atoms with E-state index in [2.05, 4.69) is 10.2 Å². The third-order valence-electron chi connectivity index (χ3n) is 4.29. The second kappa shape index (κ2) is 8.47. The molecule has 2 aromatic rings. The Labute approximate surface area is 148 Å². The van der Waals surface area contributed by atoms with Crippen LogP contribution in [0.4, 0.5) is 0 Å². The highest BCUT2D eigenvalue weighted by Gasteiger charge is 2.28. The first-order valence-electron chi connectivity index (χ1n) is 7.49. The third-order valence-corrected chi connectivity index (χ3v) is 4.29. The summed E-state index contributed by atoms with van der Waals surface area (Å²) in [6, 6.07) is 5.91. The number of aromatic nitrogens is 3. The number of pyridine rings is 1. The molecule has 6 nitrogen and oxygen atoms in total. The summed E-state index contributed by atoms with van der Waals surface area (Å²) in [7, 11) is 0. The molecule has 1 aliphatic heterocycles. The van der Waals surface area contributed by atoms with Crippen molar-refractivity contribution in [2.24, 2.45) is 11.7 Å². The monoisotopic (exact) mass is 359 g/mol. The van der Waals surface area contributed by atoms with E-state index in [-0.39, 0.29) is 36.6 Å². The molecule has 8 heteroatoms. The summed E-state index contributed by atoms with van der Waals surface area (Å²) in [6.07, 6.45) is 3.86. The molecule has 0 spiro atoms. The summed E-state index contributed by atoms with van der Waals surface area (Å²) in [4.78, 5) is 14.1. The van der Waals surface area contributed by atoms with E-state index in [1.54, 1.807) is 0 Å². The molecule has 128 valence electrons. The van der Waals surface area contributed by atoms with Crippen molar-refractivity contribution >= 4 is 36.4 Å². The molecule has 1 amide bonds. The van der Waals surface area contributed by atoms with Crippen LogP contribution in [0.3, 0.4) is 0 Å². The van der Waals surface area contributed by atoms with Gasteiger partial charge in [-0.05, 0) is 25.0 Å². The van der Waals surface area contributed by atoms with Gasteiger partial charge in [0.1, 0.15) is 5.82 Å². The normalized spacial score (nSPS) is 16.5. The molecule has 0 bridgehead atoms. The Morgan fingerprint density at radius 3 is 2.65 bits per heavy atom. The van der Waals surface area contributed by atoms with Crippen LogP contribution in [-0.2, 0) is 4.79 Å². The number of piperidine rings is 1. The molecule has 0 saturated carbocycles. The number of hydrogen-bond acceptors (Lipinski definition) is 4. The van der Waals surface area contributed by atoms with Gasteiger partial charge in [-0.15, -0.1) is 35.0 Å². The highest BCUT2D eigenvalue weighted by Crippen LogP contribution is 2.27. The lowest BCUT2D eigenvalue weighted by Crippen LogP contribution is -2.42. The van der Waals surface area contributed by atoms with Gasteiger partial charge in [0, 0.05) is 37.7 Å². The van der Waals surface area contributed by atoms with Gasteiger partial charge in [0.2, 0.25) is 5.91 Å². The van der Waals surface area contributed by atoms with Gasteiger partial charge in [-0.1, -0.05) is 13.0 Å². The zero-order valence-corrected chi connectivity index (χ0v) is 14.7. The van der Waals surface area contributed by atoms with Crippen molar-refractivity contribution in [3.8, 4) is 0 Å². The average molecular weight is 360 g/mol. The Balaban J connectivity index is 0.00000132. The first-order chi connectivity index (χ1) is 10.2. The Morgan fingerprint density at radius 2 is 2.00 bits per heavy atom. The maximum absolute atomic E-state index is 12.1. The van der Waals surface area contributed by atoms with Crippen LogP contribution in [0.25, 0.3) is 5.65 Å². The summed E-state index contributed by atoms with van der Waals surface area (Å²) in [6.45, 7) is 3.85. The van der Waals surface area contributed by atoms with Gasteiger partial charge >= 0.3 is 0 Å². The Bertz CT molecular complexity index is 640. The van der Waals surface area contributed by atoms with Crippen molar-refractivity contribution < 1.29 is 4.79 Å². The molecule has 1 fully saturated rings. The minimum absolute atomic E-state index is 0. The SMILES string of the molecule is CC(CN)C(=O)N1CCC(c2nnc3ccccn23)CC1.Cl.Cl. The highest BCUT2D eigenvalue weighted by atomic mass is 35.5. The molecular formula is C15H23Cl2N5O. The van der Waals surface area contributed by atoms with Crippen LogP contribution < -0.4 is 5.73 Å². The van der Waals surface area contributed by atoms with E-state index in [0.717, 1.165) is 37.4 Å². The molecule has 0 aliphatic carbocycles. The number of likely N-dealkylation sites (tertiary alicyclic amines) is 1. The van der Waals surface area contributed by atoms with Gasteiger partial charge in [0.05, 0.1) is 0 Å². The summed E-state index contributed by atoms with van der Waals surface area (Å²) >= 11 is 0. The van der Waals surface area contributed by atoms with Crippen LogP contribution in [0.5, 0.6) is 0 Å². The van der Waals surface area contributed by atoms with Crippen molar-refractivity contribution in [3.63, 3.8) is 0 Å². The molecule has 3 rings (SSSR count). The van der Waals surface area contributed by atoms with Gasteiger partial charge in [0.25, 0.3) is 0 Å². The average Bonchev–Trinajstić information content (AvgIpc) is 2.97. The van der Waals surface area contributed by atoms with Crippen LogP contribution in [0.15, 0.2) is 24.4 Å². The van der Waals surface area contributed by atoms with E-state index >= 15 is 0 Å². The molecule has 1 atom stereocenters. The number of carbonyl (C=O) groups is 1. The second-order valence-electron chi connectivity index (χ2n) is 5.72. The summed E-state index contributed by atoms with van der Waals surface area (Å²) in [5, 5.41) is 8.54. The zero-order chi connectivity index (χ0) is 14.8. The molecule has 3 heterocycles. The van der Waals surface area contributed by atoms with Gasteiger partial charge in [0.15, 0.2) is 5.65 Å². The number of fused-ring (bicyclic) bond motifs is 1. The van der Waals surface area contributed by atoms with E-state index in [9.17, 15) is 4.79 Å². The van der Waals surface area contributed by atoms with Crippen molar-refractivity contribution in [1.29, 1.82) is 0 Å². The number of nitrogens with zero attached hydrogens (tertiary/aromatic N) is 4. The topological polar surface area (TPSA) is 76.5 Å². The van der Waals surface area contributed by atoms with E-state index in [4.69, 9.17) is 5.73 Å². The first kappa shape index (κ1) is 19.7. The lowest BCUT2D eigenvalue weighted by Gasteiger charge is -2.32. The number of amides is 1. The zero-order valence-electron chi connectivity index (χ0n) is 13.1. The number of halogens is 2. The number of hydrogen-bond donors (Lipinski definition) is 1. The molecular weight excluding hydrogens is 337 g/mol. The predicted octanol–water partition coefficient (Wildman–Crippen LogP) is 1.87.